The van der Waals surface area contributed by atoms with Gasteiger partial charge in [0.25, 0.3) is 5.56 Å². The average molecular weight is 412 g/mol. The fraction of sp³-hybridized carbons (Fsp3) is 0.391. The zero-order valence-corrected chi connectivity index (χ0v) is 17.9. The summed E-state index contributed by atoms with van der Waals surface area (Å²) in [6.45, 7) is 6.40. The lowest BCUT2D eigenvalue weighted by Crippen LogP contribution is -2.35. The molecule has 7 heteroatoms. The van der Waals surface area contributed by atoms with Crippen LogP contribution in [0.15, 0.2) is 46.6 Å². The number of ether oxygens (including phenoxy) is 3. The summed E-state index contributed by atoms with van der Waals surface area (Å²) in [6, 6.07) is 9.07. The third-order valence-electron chi connectivity index (χ3n) is 5.21. The van der Waals surface area contributed by atoms with E-state index in [0.717, 1.165) is 24.1 Å². The number of pyridine rings is 1. The largest absolute Gasteiger partial charge is 0.497 e. The number of fused-ring (bicyclic) bond motifs is 1. The Morgan fingerprint density at radius 3 is 2.47 bits per heavy atom. The zero-order chi connectivity index (χ0) is 21.8. The lowest BCUT2D eigenvalue weighted by Gasteiger charge is -2.29. The van der Waals surface area contributed by atoms with Gasteiger partial charge in [0.15, 0.2) is 0 Å². The third kappa shape index (κ3) is 3.79. The number of hydrogen-bond donors (Lipinski definition) is 1. The minimum atomic E-state index is -0.695. The molecule has 30 heavy (non-hydrogen) atoms. The van der Waals surface area contributed by atoms with Crippen LogP contribution in [-0.2, 0) is 22.5 Å². The van der Waals surface area contributed by atoms with E-state index in [-0.39, 0.29) is 23.6 Å². The first kappa shape index (κ1) is 21.5. The summed E-state index contributed by atoms with van der Waals surface area (Å²) < 4.78 is 18.0. The van der Waals surface area contributed by atoms with Crippen LogP contribution in [0.1, 0.15) is 49.9 Å². The van der Waals surface area contributed by atoms with Gasteiger partial charge in [0, 0.05) is 18.3 Å². The molecular formula is C23H28N2O5. The standard InChI is InChI=1S/C23H28N2O5/c1-5-8-15-13-17-19(22(26)25(15)6-2)18(14-9-11-16(28-4)12-10-14)20(21(24)30-17)23(27)29-7-3/h9-13,18H,5-8,24H2,1-4H3. The Bertz CT molecular complexity index is 1020. The molecular weight excluding hydrogens is 384 g/mol. The maximum absolute atomic E-state index is 13.5. The van der Waals surface area contributed by atoms with Gasteiger partial charge in [-0.2, -0.15) is 0 Å². The second-order valence-electron chi connectivity index (χ2n) is 7.02. The summed E-state index contributed by atoms with van der Waals surface area (Å²) >= 11 is 0. The number of benzene rings is 1. The number of aryl methyl sites for hydroxylation is 1. The van der Waals surface area contributed by atoms with Crippen LogP contribution < -0.4 is 20.8 Å². The summed E-state index contributed by atoms with van der Waals surface area (Å²) in [7, 11) is 1.58. The van der Waals surface area contributed by atoms with Crippen molar-refractivity contribution in [2.45, 2.75) is 46.1 Å². The van der Waals surface area contributed by atoms with E-state index in [2.05, 4.69) is 6.92 Å². The predicted octanol–water partition coefficient (Wildman–Crippen LogP) is 3.09. The number of aromatic nitrogens is 1. The number of esters is 1. The van der Waals surface area contributed by atoms with Crippen molar-refractivity contribution in [1.29, 1.82) is 0 Å². The molecule has 0 fully saturated rings. The van der Waals surface area contributed by atoms with Crippen molar-refractivity contribution in [2.24, 2.45) is 5.73 Å². The Morgan fingerprint density at radius 2 is 1.90 bits per heavy atom. The molecule has 0 aliphatic carbocycles. The van der Waals surface area contributed by atoms with Gasteiger partial charge in [0.2, 0.25) is 5.88 Å². The number of methoxy groups -OCH3 is 1. The smallest absolute Gasteiger partial charge is 0.340 e. The van der Waals surface area contributed by atoms with Gasteiger partial charge in [0.05, 0.1) is 25.2 Å². The van der Waals surface area contributed by atoms with E-state index in [4.69, 9.17) is 19.9 Å². The van der Waals surface area contributed by atoms with Crippen molar-refractivity contribution in [3.8, 4) is 11.5 Å². The van der Waals surface area contributed by atoms with Gasteiger partial charge in [-0.15, -0.1) is 0 Å². The zero-order valence-electron chi connectivity index (χ0n) is 17.9. The van der Waals surface area contributed by atoms with Crippen molar-refractivity contribution in [3.63, 3.8) is 0 Å². The Balaban J connectivity index is 2.28. The summed E-state index contributed by atoms with van der Waals surface area (Å²) in [4.78, 5) is 26.3. The summed E-state index contributed by atoms with van der Waals surface area (Å²) in [5.41, 5.74) is 8.12. The van der Waals surface area contributed by atoms with Gasteiger partial charge in [-0.25, -0.2) is 4.79 Å². The van der Waals surface area contributed by atoms with Crippen LogP contribution in [0.5, 0.6) is 11.5 Å². The van der Waals surface area contributed by atoms with Crippen LogP contribution in [0.2, 0.25) is 0 Å². The first-order valence-electron chi connectivity index (χ1n) is 10.2. The normalized spacial score (nSPS) is 15.4. The molecule has 1 atom stereocenters. The van der Waals surface area contributed by atoms with Crippen molar-refractivity contribution in [1.82, 2.24) is 4.57 Å². The van der Waals surface area contributed by atoms with Gasteiger partial charge >= 0.3 is 5.97 Å². The molecule has 0 spiro atoms. The maximum Gasteiger partial charge on any atom is 0.340 e. The second kappa shape index (κ2) is 9.07. The highest BCUT2D eigenvalue weighted by Crippen LogP contribution is 2.41. The van der Waals surface area contributed by atoms with Crippen LogP contribution in [-0.4, -0.2) is 24.3 Å². The Labute approximate surface area is 176 Å². The molecule has 1 aromatic heterocycles. The van der Waals surface area contributed by atoms with Gasteiger partial charge in [-0.05, 0) is 38.0 Å². The van der Waals surface area contributed by atoms with Crippen molar-refractivity contribution >= 4 is 5.97 Å². The number of nitrogens with zero attached hydrogens (tertiary/aromatic N) is 1. The number of hydrogen-bond acceptors (Lipinski definition) is 6. The SMILES string of the molecule is CCCc1cc2c(c(=O)n1CC)C(c1ccc(OC)cc1)C(C(=O)OCC)=C(N)O2. The number of nitrogens with two attached hydrogens (primary N) is 1. The van der Waals surface area contributed by atoms with Crippen LogP contribution >= 0.6 is 0 Å². The highest BCUT2D eigenvalue weighted by molar-refractivity contribution is 5.92. The molecule has 1 aromatic carbocycles. The van der Waals surface area contributed by atoms with E-state index in [9.17, 15) is 9.59 Å². The quantitative estimate of drug-likeness (QED) is 0.703. The van der Waals surface area contributed by atoms with E-state index < -0.39 is 11.9 Å². The Morgan fingerprint density at radius 1 is 1.20 bits per heavy atom. The van der Waals surface area contributed by atoms with Crippen molar-refractivity contribution in [3.05, 3.63) is 69.0 Å². The third-order valence-corrected chi connectivity index (χ3v) is 5.21. The van der Waals surface area contributed by atoms with Gasteiger partial charge in [-0.1, -0.05) is 25.5 Å². The molecule has 0 radical (unpaired) electrons. The molecule has 2 heterocycles. The molecule has 3 rings (SSSR count). The Kier molecular flexibility index (Phi) is 6.50. The fourth-order valence-electron chi connectivity index (χ4n) is 3.87. The predicted molar refractivity (Wildman–Crippen MR) is 114 cm³/mol. The van der Waals surface area contributed by atoms with Gasteiger partial charge < -0.3 is 24.5 Å². The monoisotopic (exact) mass is 412 g/mol. The average Bonchev–Trinajstić information content (AvgIpc) is 2.73. The van der Waals surface area contributed by atoms with E-state index in [1.54, 1.807) is 30.7 Å². The van der Waals surface area contributed by atoms with Gasteiger partial charge in [0.1, 0.15) is 17.1 Å². The lowest BCUT2D eigenvalue weighted by molar-refractivity contribution is -0.139. The number of carbonyl (C=O) groups excluding carboxylic acids is 1. The maximum atomic E-state index is 13.5. The molecule has 0 saturated carbocycles. The minimum absolute atomic E-state index is 0.0436. The number of carbonyl (C=O) groups is 1. The molecule has 0 amide bonds. The fourth-order valence-corrected chi connectivity index (χ4v) is 3.87. The summed E-state index contributed by atoms with van der Waals surface area (Å²) in [5, 5.41) is 0. The van der Waals surface area contributed by atoms with Crippen LogP contribution in [0, 0.1) is 0 Å². The minimum Gasteiger partial charge on any atom is -0.497 e. The molecule has 0 saturated heterocycles. The molecule has 2 N–H and O–H groups in total. The lowest BCUT2D eigenvalue weighted by atomic mass is 9.83. The van der Waals surface area contributed by atoms with Crippen LogP contribution in [0.3, 0.4) is 0 Å². The number of rotatable bonds is 7. The molecule has 1 unspecified atom stereocenters. The molecule has 160 valence electrons. The highest BCUT2D eigenvalue weighted by Gasteiger charge is 2.38. The molecule has 1 aliphatic heterocycles. The first-order valence-corrected chi connectivity index (χ1v) is 10.2. The van der Waals surface area contributed by atoms with Crippen molar-refractivity contribution in [2.75, 3.05) is 13.7 Å². The van der Waals surface area contributed by atoms with Crippen molar-refractivity contribution < 1.29 is 19.0 Å². The van der Waals surface area contributed by atoms with Gasteiger partial charge in [-0.3, -0.25) is 4.79 Å². The summed E-state index contributed by atoms with van der Waals surface area (Å²) in [6.07, 6.45) is 1.63. The molecule has 7 nitrogen and oxygen atoms in total. The second-order valence-corrected chi connectivity index (χ2v) is 7.02. The molecule has 2 aromatic rings. The van der Waals surface area contributed by atoms with E-state index >= 15 is 0 Å². The van der Waals surface area contributed by atoms with E-state index in [1.165, 1.54) is 0 Å². The van der Waals surface area contributed by atoms with Crippen LogP contribution in [0.4, 0.5) is 0 Å². The molecule has 0 bridgehead atoms. The van der Waals surface area contributed by atoms with E-state index in [1.807, 2.05) is 25.1 Å². The van der Waals surface area contributed by atoms with E-state index in [0.29, 0.717) is 23.6 Å². The highest BCUT2D eigenvalue weighted by atomic mass is 16.5. The first-order chi connectivity index (χ1) is 14.5. The van der Waals surface area contributed by atoms with Crippen LogP contribution in [0.25, 0.3) is 0 Å². The molecule has 1 aliphatic rings. The Hall–Kier alpha value is -3.22. The topological polar surface area (TPSA) is 92.8 Å². The summed E-state index contributed by atoms with van der Waals surface area (Å²) in [5.74, 6) is -0.274.